The zero-order valence-electron chi connectivity index (χ0n) is 10.0. The number of nitrogens with zero attached hydrogens (tertiary/aromatic N) is 2. The smallest absolute Gasteiger partial charge is 0.240 e. The predicted molar refractivity (Wildman–Crippen MR) is 92.7 cm³/mol. The standard InChI is InChI=1S/C12H9ClIN5S/c13-8-5-6(14)1-2-9(8)16-10-7-3-4-20-11(7)18-12(17-10)19-15/h1-5H,15H2,(H2,16,17,18,19). The summed E-state index contributed by atoms with van der Waals surface area (Å²) in [7, 11) is 0. The molecular formula is C12H9ClIN5S. The second kappa shape index (κ2) is 5.68. The van der Waals surface area contributed by atoms with Crippen molar-refractivity contribution in [1.82, 2.24) is 9.97 Å². The quantitative estimate of drug-likeness (QED) is 0.341. The van der Waals surface area contributed by atoms with Crippen LogP contribution in [-0.4, -0.2) is 9.97 Å². The Kier molecular flexibility index (Phi) is 3.92. The molecule has 0 fully saturated rings. The first-order valence-corrected chi connectivity index (χ1v) is 7.95. The highest BCUT2D eigenvalue weighted by Gasteiger charge is 2.10. The van der Waals surface area contributed by atoms with Crippen molar-refractivity contribution in [2.24, 2.45) is 5.84 Å². The van der Waals surface area contributed by atoms with E-state index in [1.807, 2.05) is 29.6 Å². The summed E-state index contributed by atoms with van der Waals surface area (Å²) >= 11 is 9.97. The highest BCUT2D eigenvalue weighted by atomic mass is 127. The van der Waals surface area contributed by atoms with Gasteiger partial charge < -0.3 is 5.32 Å². The van der Waals surface area contributed by atoms with Crippen molar-refractivity contribution >= 4 is 73.2 Å². The Bertz CT molecular complexity index is 776. The zero-order chi connectivity index (χ0) is 14.1. The third-order valence-electron chi connectivity index (χ3n) is 2.64. The van der Waals surface area contributed by atoms with Crippen LogP contribution in [0.15, 0.2) is 29.6 Å². The van der Waals surface area contributed by atoms with Crippen molar-refractivity contribution in [2.45, 2.75) is 0 Å². The number of anilines is 3. The van der Waals surface area contributed by atoms with Crippen molar-refractivity contribution in [2.75, 3.05) is 10.7 Å². The maximum absolute atomic E-state index is 6.23. The molecule has 0 bridgehead atoms. The predicted octanol–water partition coefficient (Wildman–Crippen LogP) is 3.98. The van der Waals surface area contributed by atoms with Gasteiger partial charge in [-0.15, -0.1) is 11.3 Å². The summed E-state index contributed by atoms with van der Waals surface area (Å²) < 4.78 is 1.07. The number of nitrogens with one attached hydrogen (secondary N) is 2. The molecule has 4 N–H and O–H groups in total. The van der Waals surface area contributed by atoms with E-state index in [2.05, 4.69) is 43.3 Å². The Labute approximate surface area is 137 Å². The van der Waals surface area contributed by atoms with E-state index >= 15 is 0 Å². The number of halogens is 2. The van der Waals surface area contributed by atoms with Gasteiger partial charge in [0, 0.05) is 3.57 Å². The highest BCUT2D eigenvalue weighted by Crippen LogP contribution is 2.31. The van der Waals surface area contributed by atoms with E-state index in [4.69, 9.17) is 17.4 Å². The molecule has 3 aromatic rings. The van der Waals surface area contributed by atoms with Gasteiger partial charge in [-0.2, -0.15) is 4.98 Å². The van der Waals surface area contributed by atoms with Crippen LogP contribution in [0.2, 0.25) is 5.02 Å². The molecule has 102 valence electrons. The summed E-state index contributed by atoms with van der Waals surface area (Å²) in [6, 6.07) is 7.74. The van der Waals surface area contributed by atoms with Crippen LogP contribution in [0.4, 0.5) is 17.5 Å². The fraction of sp³-hybridized carbons (Fsp3) is 0. The Hall–Kier alpha value is -1.16. The van der Waals surface area contributed by atoms with Gasteiger partial charge in [0.2, 0.25) is 5.95 Å². The Morgan fingerprint density at radius 2 is 2.10 bits per heavy atom. The Morgan fingerprint density at radius 3 is 2.85 bits per heavy atom. The summed E-state index contributed by atoms with van der Waals surface area (Å²) in [4.78, 5) is 9.49. The molecule has 0 aliphatic rings. The second-order valence-corrected chi connectivity index (χ2v) is 6.48. The number of hydrogen-bond donors (Lipinski definition) is 3. The Morgan fingerprint density at radius 1 is 1.25 bits per heavy atom. The fourth-order valence-corrected chi connectivity index (χ4v) is 3.40. The molecule has 5 nitrogen and oxygen atoms in total. The molecule has 0 saturated carbocycles. The molecule has 0 radical (unpaired) electrons. The minimum atomic E-state index is 0.365. The lowest BCUT2D eigenvalue weighted by molar-refractivity contribution is 1.16. The van der Waals surface area contributed by atoms with Crippen LogP contribution >= 0.6 is 45.5 Å². The molecule has 1 aromatic carbocycles. The van der Waals surface area contributed by atoms with Gasteiger partial charge in [-0.05, 0) is 52.2 Å². The van der Waals surface area contributed by atoms with Gasteiger partial charge in [0.1, 0.15) is 10.6 Å². The number of thiophene rings is 1. The molecule has 0 aliphatic heterocycles. The first kappa shape index (κ1) is 13.8. The lowest BCUT2D eigenvalue weighted by Crippen LogP contribution is -2.11. The molecule has 2 heterocycles. The van der Waals surface area contributed by atoms with Gasteiger partial charge in [-0.1, -0.05) is 11.6 Å². The van der Waals surface area contributed by atoms with E-state index in [0.29, 0.717) is 16.8 Å². The Balaban J connectivity index is 2.07. The van der Waals surface area contributed by atoms with Crippen LogP contribution in [0.1, 0.15) is 0 Å². The van der Waals surface area contributed by atoms with Gasteiger partial charge >= 0.3 is 0 Å². The molecule has 0 atom stereocenters. The van der Waals surface area contributed by atoms with E-state index < -0.39 is 0 Å². The lowest BCUT2D eigenvalue weighted by atomic mass is 10.3. The molecule has 0 unspecified atom stereocenters. The van der Waals surface area contributed by atoms with Gasteiger partial charge in [-0.3, -0.25) is 5.43 Å². The van der Waals surface area contributed by atoms with Gasteiger partial charge in [0.15, 0.2) is 0 Å². The fourth-order valence-electron chi connectivity index (χ4n) is 1.73. The largest absolute Gasteiger partial charge is 0.338 e. The minimum absolute atomic E-state index is 0.365. The number of aromatic nitrogens is 2. The van der Waals surface area contributed by atoms with Gasteiger partial charge in [0.05, 0.1) is 16.1 Å². The van der Waals surface area contributed by atoms with E-state index in [-0.39, 0.29) is 0 Å². The van der Waals surface area contributed by atoms with Crippen LogP contribution < -0.4 is 16.6 Å². The molecule has 0 spiro atoms. The highest BCUT2D eigenvalue weighted by molar-refractivity contribution is 14.1. The van der Waals surface area contributed by atoms with Crippen molar-refractivity contribution < 1.29 is 0 Å². The maximum Gasteiger partial charge on any atom is 0.240 e. The van der Waals surface area contributed by atoms with E-state index in [0.717, 1.165) is 19.5 Å². The van der Waals surface area contributed by atoms with E-state index in [1.165, 1.54) is 11.3 Å². The molecule has 20 heavy (non-hydrogen) atoms. The number of nitrogens with two attached hydrogens (primary N) is 1. The summed E-state index contributed by atoms with van der Waals surface area (Å²) in [6.07, 6.45) is 0. The number of nitrogen functional groups attached to an aromatic ring is 1. The third-order valence-corrected chi connectivity index (χ3v) is 4.43. The van der Waals surface area contributed by atoms with Gasteiger partial charge in [-0.25, -0.2) is 10.8 Å². The zero-order valence-corrected chi connectivity index (χ0v) is 13.8. The molecular weight excluding hydrogens is 409 g/mol. The first-order valence-electron chi connectivity index (χ1n) is 5.61. The maximum atomic E-state index is 6.23. The van der Waals surface area contributed by atoms with Crippen molar-refractivity contribution in [3.05, 3.63) is 38.2 Å². The summed E-state index contributed by atoms with van der Waals surface area (Å²) in [6.45, 7) is 0. The SMILES string of the molecule is NNc1nc(Nc2ccc(I)cc2Cl)c2ccsc2n1. The molecule has 0 saturated heterocycles. The van der Waals surface area contributed by atoms with Gasteiger partial charge in [0.25, 0.3) is 0 Å². The van der Waals surface area contributed by atoms with E-state index in [1.54, 1.807) is 0 Å². The van der Waals surface area contributed by atoms with Crippen LogP contribution in [0, 0.1) is 3.57 Å². The summed E-state index contributed by atoms with van der Waals surface area (Å²) in [5, 5.41) is 6.76. The molecule has 8 heteroatoms. The molecule has 3 rings (SSSR count). The summed E-state index contributed by atoms with van der Waals surface area (Å²) in [5.74, 6) is 6.43. The number of rotatable bonds is 3. The van der Waals surface area contributed by atoms with Crippen molar-refractivity contribution in [3.8, 4) is 0 Å². The van der Waals surface area contributed by atoms with E-state index in [9.17, 15) is 0 Å². The van der Waals surface area contributed by atoms with Crippen LogP contribution in [0.25, 0.3) is 10.2 Å². The average molecular weight is 418 g/mol. The van der Waals surface area contributed by atoms with Crippen molar-refractivity contribution in [3.63, 3.8) is 0 Å². The third kappa shape index (κ3) is 2.66. The normalized spacial score (nSPS) is 10.8. The van der Waals surface area contributed by atoms with Crippen LogP contribution in [0.5, 0.6) is 0 Å². The number of hydrogen-bond acceptors (Lipinski definition) is 6. The first-order chi connectivity index (χ1) is 9.67. The monoisotopic (exact) mass is 417 g/mol. The topological polar surface area (TPSA) is 75.9 Å². The van der Waals surface area contributed by atoms with Crippen LogP contribution in [0.3, 0.4) is 0 Å². The molecule has 0 amide bonds. The average Bonchev–Trinajstić information content (AvgIpc) is 2.90. The van der Waals surface area contributed by atoms with Crippen LogP contribution in [-0.2, 0) is 0 Å². The minimum Gasteiger partial charge on any atom is -0.338 e. The van der Waals surface area contributed by atoms with Crippen molar-refractivity contribution in [1.29, 1.82) is 0 Å². The molecule has 0 aliphatic carbocycles. The number of fused-ring (bicyclic) bond motifs is 1. The number of hydrazine groups is 1. The lowest BCUT2D eigenvalue weighted by Gasteiger charge is -2.10. The molecule has 2 aromatic heterocycles. The summed E-state index contributed by atoms with van der Waals surface area (Å²) in [5.41, 5.74) is 3.26. The second-order valence-electron chi connectivity index (χ2n) is 3.93. The number of benzene rings is 1.